The van der Waals surface area contributed by atoms with Gasteiger partial charge in [0.2, 0.25) is 0 Å². The van der Waals surface area contributed by atoms with Gasteiger partial charge in [-0.2, -0.15) is 0 Å². The predicted molar refractivity (Wildman–Crippen MR) is 152 cm³/mol. The van der Waals surface area contributed by atoms with Gasteiger partial charge in [-0.15, -0.1) is 0 Å². The Morgan fingerprint density at radius 3 is 1.14 bits per heavy atom. The molecule has 13 N–H and O–H groups in total. The number of hydrogen-bond donors (Lipinski definition) is 13. The van der Waals surface area contributed by atoms with Crippen LogP contribution in [0.15, 0.2) is 0 Å². The zero-order valence-corrected chi connectivity index (χ0v) is 26.6. The highest BCUT2D eigenvalue weighted by atomic mass is 16.8. The summed E-state index contributed by atoms with van der Waals surface area (Å²) in [7, 11) is 0. The van der Waals surface area contributed by atoms with Crippen molar-refractivity contribution in [2.75, 3.05) is 39.6 Å². The average molecular weight is 737 g/mol. The molecule has 0 amide bonds. The topological polar surface area (TPSA) is 349 Å². The molecule has 0 aromatic heterocycles. The third-order valence-corrected chi connectivity index (χ3v) is 9.31. The van der Waals surface area contributed by atoms with Crippen LogP contribution in [0.25, 0.3) is 0 Å². The molecule has 0 aliphatic carbocycles. The van der Waals surface area contributed by atoms with Crippen LogP contribution in [-0.2, 0) is 42.6 Å². The van der Waals surface area contributed by atoms with E-state index in [4.69, 9.17) is 42.6 Å². The van der Waals surface area contributed by atoms with Gasteiger partial charge in [-0.05, 0) is 6.42 Å². The molecule has 0 radical (unpaired) electrons. The van der Waals surface area contributed by atoms with E-state index in [-0.39, 0.29) is 12.7 Å². The maximum atomic E-state index is 11.3. The quantitative estimate of drug-likeness (QED) is 0.0736. The summed E-state index contributed by atoms with van der Waals surface area (Å²) < 4.78 is 49.4. The lowest BCUT2D eigenvalue weighted by Gasteiger charge is -2.49. The molecule has 5 aliphatic heterocycles. The van der Waals surface area contributed by atoms with E-state index in [1.54, 1.807) is 0 Å². The summed E-state index contributed by atoms with van der Waals surface area (Å²) in [5, 5.41) is 136. The summed E-state index contributed by atoms with van der Waals surface area (Å²) in [5.41, 5.74) is 0. The van der Waals surface area contributed by atoms with Crippen molar-refractivity contribution < 1.29 is 109 Å². The van der Waals surface area contributed by atoms with E-state index in [1.807, 2.05) is 0 Å². The molecule has 0 spiro atoms. The Morgan fingerprint density at radius 1 is 0.420 bits per heavy atom. The van der Waals surface area contributed by atoms with Gasteiger partial charge in [0, 0.05) is 0 Å². The second-order valence-electron chi connectivity index (χ2n) is 12.7. The highest BCUT2D eigenvalue weighted by Crippen LogP contribution is 2.34. The van der Waals surface area contributed by atoms with E-state index in [0.29, 0.717) is 13.0 Å². The van der Waals surface area contributed by atoms with Crippen molar-refractivity contribution in [3.8, 4) is 0 Å². The van der Waals surface area contributed by atoms with E-state index >= 15 is 0 Å². The molecule has 50 heavy (non-hydrogen) atoms. The molecular formula is C28H48O22. The summed E-state index contributed by atoms with van der Waals surface area (Å²) >= 11 is 0. The maximum Gasteiger partial charge on any atom is 0.187 e. The summed E-state index contributed by atoms with van der Waals surface area (Å²) in [5.74, 6) is 0. The molecule has 22 heteroatoms. The van der Waals surface area contributed by atoms with Crippen LogP contribution < -0.4 is 0 Å². The third kappa shape index (κ3) is 8.57. The van der Waals surface area contributed by atoms with Gasteiger partial charge < -0.3 is 109 Å². The smallest absolute Gasteiger partial charge is 0.187 e. The first-order chi connectivity index (χ1) is 23.8. The van der Waals surface area contributed by atoms with Crippen LogP contribution in [0.3, 0.4) is 0 Å². The Kier molecular flexibility index (Phi) is 14.1. The Bertz CT molecular complexity index is 1040. The van der Waals surface area contributed by atoms with Gasteiger partial charge >= 0.3 is 0 Å². The normalized spacial score (nSPS) is 51.4. The van der Waals surface area contributed by atoms with Gasteiger partial charge in [0.15, 0.2) is 25.2 Å². The molecular weight excluding hydrogens is 688 g/mol. The van der Waals surface area contributed by atoms with Crippen LogP contribution in [0.5, 0.6) is 0 Å². The fourth-order valence-electron chi connectivity index (χ4n) is 6.20. The SMILES string of the molecule is OC[C@H]1O[C@@H](O[C@@H]2[C@@H](O)[C@H](O[C@@H]3[C@@H](O)[C@H](O[C@@H]4[C@@H](O)[C@H](OCCC5CO5)O[C@H](CO)[C@H]4O)O[C@H](CO)[C@H]3O)O[C@H](CO)[C@H]2O)[C@H](O)[C@@H](O)[C@@H]1O. The van der Waals surface area contributed by atoms with Crippen LogP contribution in [0.4, 0.5) is 0 Å². The molecule has 0 aromatic carbocycles. The molecule has 5 saturated heterocycles. The fourth-order valence-corrected chi connectivity index (χ4v) is 6.20. The van der Waals surface area contributed by atoms with Crippen molar-refractivity contribution in [3.63, 3.8) is 0 Å². The average Bonchev–Trinajstić information content (AvgIpc) is 3.94. The monoisotopic (exact) mass is 736 g/mol. The Hall–Kier alpha value is -0.880. The number of ether oxygens (including phenoxy) is 9. The molecule has 1 unspecified atom stereocenters. The van der Waals surface area contributed by atoms with Crippen molar-refractivity contribution in [1.29, 1.82) is 0 Å². The summed E-state index contributed by atoms with van der Waals surface area (Å²) in [6.45, 7) is -2.67. The summed E-state index contributed by atoms with van der Waals surface area (Å²) in [6.07, 6.45) is -34.5. The number of aliphatic hydroxyl groups excluding tert-OH is 13. The van der Waals surface area contributed by atoms with Gasteiger partial charge in [-0.1, -0.05) is 0 Å². The molecule has 292 valence electrons. The van der Waals surface area contributed by atoms with E-state index in [1.165, 1.54) is 0 Å². The molecule has 5 heterocycles. The Balaban J connectivity index is 1.30. The van der Waals surface area contributed by atoms with E-state index in [0.717, 1.165) is 0 Å². The van der Waals surface area contributed by atoms with Crippen LogP contribution in [0, 0.1) is 0 Å². The van der Waals surface area contributed by atoms with Crippen molar-refractivity contribution in [3.05, 3.63) is 0 Å². The van der Waals surface area contributed by atoms with Gasteiger partial charge in [-0.25, -0.2) is 0 Å². The molecule has 22 nitrogen and oxygen atoms in total. The summed E-state index contributed by atoms with van der Waals surface area (Å²) in [6, 6.07) is 0. The Labute approximate surface area is 284 Å². The molecule has 21 atom stereocenters. The first-order valence-corrected chi connectivity index (χ1v) is 16.2. The van der Waals surface area contributed by atoms with Crippen LogP contribution in [0.1, 0.15) is 6.42 Å². The molecule has 0 aromatic rings. The lowest BCUT2D eigenvalue weighted by Crippen LogP contribution is -2.67. The number of epoxide rings is 1. The van der Waals surface area contributed by atoms with Gasteiger partial charge in [0.1, 0.15) is 97.7 Å². The van der Waals surface area contributed by atoms with Crippen LogP contribution in [-0.4, -0.2) is 235 Å². The van der Waals surface area contributed by atoms with E-state index in [9.17, 15) is 66.4 Å². The largest absolute Gasteiger partial charge is 0.394 e. The molecule has 5 aliphatic rings. The van der Waals surface area contributed by atoms with Gasteiger partial charge in [-0.3, -0.25) is 0 Å². The molecule has 5 fully saturated rings. The second kappa shape index (κ2) is 17.5. The molecule has 0 bridgehead atoms. The third-order valence-electron chi connectivity index (χ3n) is 9.31. The van der Waals surface area contributed by atoms with E-state index in [2.05, 4.69) is 0 Å². The minimum Gasteiger partial charge on any atom is -0.394 e. The van der Waals surface area contributed by atoms with Gasteiger partial charge in [0.05, 0.1) is 45.7 Å². The van der Waals surface area contributed by atoms with Crippen molar-refractivity contribution in [2.24, 2.45) is 0 Å². The van der Waals surface area contributed by atoms with Crippen molar-refractivity contribution >= 4 is 0 Å². The minimum absolute atomic E-state index is 0.0104. The van der Waals surface area contributed by atoms with E-state index < -0.39 is 149 Å². The zero-order chi connectivity index (χ0) is 36.4. The number of aliphatic hydroxyl groups is 13. The maximum absolute atomic E-state index is 11.3. The number of hydrogen-bond acceptors (Lipinski definition) is 22. The predicted octanol–water partition coefficient (Wildman–Crippen LogP) is -8.94. The Morgan fingerprint density at radius 2 is 0.760 bits per heavy atom. The summed E-state index contributed by atoms with van der Waals surface area (Å²) in [4.78, 5) is 0. The lowest BCUT2D eigenvalue weighted by atomic mass is 9.95. The highest BCUT2D eigenvalue weighted by molar-refractivity contribution is 4.98. The van der Waals surface area contributed by atoms with Crippen LogP contribution >= 0.6 is 0 Å². The van der Waals surface area contributed by atoms with Crippen LogP contribution in [0.2, 0.25) is 0 Å². The highest BCUT2D eigenvalue weighted by Gasteiger charge is 2.55. The lowest BCUT2D eigenvalue weighted by molar-refractivity contribution is -0.390. The fraction of sp³-hybridized carbons (Fsp3) is 1.00. The minimum atomic E-state index is -2.04. The van der Waals surface area contributed by atoms with Gasteiger partial charge in [0.25, 0.3) is 0 Å². The first kappa shape index (κ1) is 40.3. The standard InChI is InChI=1S/C28H48O22/c29-3-9-13(33)17(37)18(38)26(45-9)48-23-15(35)11(5-31)47-28(20(23)40)50-24-16(36)12(6-32)46-27(21(24)41)49-22-14(34)10(4-30)44-25(19(22)39)42-2-1-8-7-43-8/h8-41H,1-7H2/t8?,9-,10-,11-,12-,13-,14-,15-,16-,17+,18-,19-,20-,21-,22+,23+,24+,25-,26+,27+,28+/m1/s1. The van der Waals surface area contributed by atoms with Crippen molar-refractivity contribution in [2.45, 2.75) is 135 Å². The van der Waals surface area contributed by atoms with Crippen molar-refractivity contribution in [1.82, 2.24) is 0 Å². The first-order valence-electron chi connectivity index (χ1n) is 16.2. The number of rotatable bonds is 14. The molecule has 0 saturated carbocycles. The second-order valence-corrected chi connectivity index (χ2v) is 12.7. The zero-order valence-electron chi connectivity index (χ0n) is 26.6. The molecule has 5 rings (SSSR count).